The second-order valence-corrected chi connectivity index (χ2v) is 3.86. The lowest BCUT2D eigenvalue weighted by atomic mass is 10.1. The Hall–Kier alpha value is -2.43. The lowest BCUT2D eigenvalue weighted by molar-refractivity contribution is -0.137. The Balaban J connectivity index is 2.37. The molecule has 2 aromatic rings. The van der Waals surface area contributed by atoms with Crippen LogP contribution < -0.4 is 5.32 Å². The number of aliphatic carboxylic acids is 1. The van der Waals surface area contributed by atoms with Crippen LogP contribution in [0.5, 0.6) is 0 Å². The number of rotatable bonds is 5. The van der Waals surface area contributed by atoms with E-state index in [1.165, 1.54) is 0 Å². The maximum atomic E-state index is 10.7. The third-order valence-corrected chi connectivity index (χ3v) is 2.62. The van der Waals surface area contributed by atoms with Crippen molar-refractivity contribution in [1.82, 2.24) is 10.3 Å². The van der Waals surface area contributed by atoms with Crippen molar-refractivity contribution in [1.29, 1.82) is 0 Å². The summed E-state index contributed by atoms with van der Waals surface area (Å²) in [4.78, 5) is 25.6. The number of hydrogen-bond donors (Lipinski definition) is 2. The van der Waals surface area contributed by atoms with Gasteiger partial charge in [0.05, 0.1) is 23.7 Å². The van der Waals surface area contributed by atoms with Gasteiger partial charge in [-0.25, -0.2) is 0 Å². The summed E-state index contributed by atoms with van der Waals surface area (Å²) in [5, 5.41) is 12.2. The minimum atomic E-state index is -0.982. The molecule has 0 bridgehead atoms. The van der Waals surface area contributed by atoms with Crippen molar-refractivity contribution < 1.29 is 14.7 Å². The number of nitrogens with one attached hydrogen (secondary N) is 1. The number of carbonyl (C=O) groups excluding carboxylic acids is 1. The molecule has 1 unspecified atom stereocenters. The molecule has 1 amide bonds. The van der Waals surface area contributed by atoms with Gasteiger partial charge in [0.15, 0.2) is 0 Å². The maximum absolute atomic E-state index is 10.7. The molecule has 5 nitrogen and oxygen atoms in total. The van der Waals surface area contributed by atoms with Gasteiger partial charge in [0.25, 0.3) is 0 Å². The molecule has 1 aromatic heterocycles. The quantitative estimate of drug-likeness (QED) is 0.781. The molecule has 0 radical (unpaired) electrons. The number of carboxylic acid groups (broad SMARTS) is 1. The summed E-state index contributed by atoms with van der Waals surface area (Å²) in [5.41, 5.74) is 1.32. The van der Waals surface area contributed by atoms with E-state index in [1.54, 1.807) is 6.07 Å². The predicted octanol–water partition coefficient (Wildman–Crippen LogP) is 1.50. The van der Waals surface area contributed by atoms with Gasteiger partial charge in [-0.05, 0) is 12.1 Å². The fourth-order valence-electron chi connectivity index (χ4n) is 1.78. The Bertz CT molecular complexity index is 583. The molecule has 0 saturated carbocycles. The van der Waals surface area contributed by atoms with Crippen LogP contribution in [0.2, 0.25) is 0 Å². The van der Waals surface area contributed by atoms with Crippen LogP contribution in [-0.2, 0) is 9.59 Å². The number of fused-ring (bicyclic) bond motifs is 1. The van der Waals surface area contributed by atoms with Gasteiger partial charge in [-0.1, -0.05) is 24.3 Å². The van der Waals surface area contributed by atoms with E-state index < -0.39 is 12.0 Å². The molecule has 2 rings (SSSR count). The van der Waals surface area contributed by atoms with Gasteiger partial charge in [-0.2, -0.15) is 0 Å². The van der Waals surface area contributed by atoms with Crippen LogP contribution in [0.3, 0.4) is 0 Å². The smallest absolute Gasteiger partial charge is 0.305 e. The molecule has 1 aromatic carbocycles. The van der Waals surface area contributed by atoms with E-state index in [9.17, 15) is 9.59 Å². The zero-order chi connectivity index (χ0) is 13.0. The van der Waals surface area contributed by atoms with Crippen LogP contribution in [-0.4, -0.2) is 22.5 Å². The van der Waals surface area contributed by atoms with Crippen LogP contribution in [0.1, 0.15) is 18.2 Å². The number of carboxylic acids is 1. The number of benzene rings is 1. The average molecular weight is 244 g/mol. The summed E-state index contributed by atoms with van der Waals surface area (Å²) in [6.07, 6.45) is 0.300. The van der Waals surface area contributed by atoms with Gasteiger partial charge in [0, 0.05) is 5.39 Å². The SMILES string of the molecule is O=CNC(CC(=O)O)c1ccc2ccccc2n1. The monoisotopic (exact) mass is 244 g/mol. The van der Waals surface area contributed by atoms with Gasteiger partial charge < -0.3 is 10.4 Å². The van der Waals surface area contributed by atoms with Gasteiger partial charge in [-0.3, -0.25) is 14.6 Å². The first-order valence-corrected chi connectivity index (χ1v) is 5.48. The summed E-state index contributed by atoms with van der Waals surface area (Å²) in [7, 11) is 0. The number of pyridine rings is 1. The van der Waals surface area contributed by atoms with Gasteiger partial charge in [-0.15, -0.1) is 0 Å². The topological polar surface area (TPSA) is 79.3 Å². The molecule has 92 valence electrons. The summed E-state index contributed by atoms with van der Waals surface area (Å²) in [5.74, 6) is -0.982. The lowest BCUT2D eigenvalue weighted by Gasteiger charge is -2.13. The minimum absolute atomic E-state index is 0.190. The van der Waals surface area contributed by atoms with E-state index in [2.05, 4.69) is 10.3 Å². The number of aromatic nitrogens is 1. The first-order chi connectivity index (χ1) is 8.70. The molecule has 0 aliphatic carbocycles. The minimum Gasteiger partial charge on any atom is -0.481 e. The zero-order valence-electron chi connectivity index (χ0n) is 9.54. The Morgan fingerprint density at radius 1 is 1.33 bits per heavy atom. The summed E-state index contributed by atoms with van der Waals surface area (Å²) < 4.78 is 0. The number of para-hydroxylation sites is 1. The fourth-order valence-corrected chi connectivity index (χ4v) is 1.78. The summed E-state index contributed by atoms with van der Waals surface area (Å²) in [6, 6.07) is 10.5. The highest BCUT2D eigenvalue weighted by molar-refractivity contribution is 5.78. The van der Waals surface area contributed by atoms with Crippen molar-refractivity contribution in [2.24, 2.45) is 0 Å². The third-order valence-electron chi connectivity index (χ3n) is 2.62. The Kier molecular flexibility index (Phi) is 3.52. The molecule has 0 aliphatic heterocycles. The largest absolute Gasteiger partial charge is 0.481 e. The molecule has 0 saturated heterocycles. The van der Waals surface area contributed by atoms with Crippen LogP contribution in [0.25, 0.3) is 10.9 Å². The molecule has 1 atom stereocenters. The van der Waals surface area contributed by atoms with Crippen molar-refractivity contribution in [2.45, 2.75) is 12.5 Å². The first kappa shape index (κ1) is 12.0. The van der Waals surface area contributed by atoms with Crippen molar-refractivity contribution >= 4 is 23.3 Å². The van der Waals surface area contributed by atoms with Crippen molar-refractivity contribution in [2.75, 3.05) is 0 Å². The highest BCUT2D eigenvalue weighted by Crippen LogP contribution is 2.18. The predicted molar refractivity (Wildman–Crippen MR) is 65.9 cm³/mol. The molecule has 0 spiro atoms. The average Bonchev–Trinajstić information content (AvgIpc) is 2.37. The number of amides is 1. The van der Waals surface area contributed by atoms with Gasteiger partial charge >= 0.3 is 5.97 Å². The Labute approximate surface area is 103 Å². The van der Waals surface area contributed by atoms with E-state index in [1.807, 2.05) is 30.3 Å². The Morgan fingerprint density at radius 3 is 2.83 bits per heavy atom. The first-order valence-electron chi connectivity index (χ1n) is 5.48. The normalized spacial score (nSPS) is 12.0. The highest BCUT2D eigenvalue weighted by atomic mass is 16.4. The van der Waals surface area contributed by atoms with Crippen molar-refractivity contribution in [3.63, 3.8) is 0 Å². The molecule has 5 heteroatoms. The zero-order valence-corrected chi connectivity index (χ0v) is 9.54. The highest BCUT2D eigenvalue weighted by Gasteiger charge is 2.16. The number of nitrogens with zero attached hydrogens (tertiary/aromatic N) is 1. The summed E-state index contributed by atoms with van der Waals surface area (Å²) >= 11 is 0. The van der Waals surface area contributed by atoms with Crippen molar-refractivity contribution in [3.05, 3.63) is 42.1 Å². The Morgan fingerprint density at radius 2 is 2.11 bits per heavy atom. The van der Waals surface area contributed by atoms with Crippen LogP contribution in [0.4, 0.5) is 0 Å². The van der Waals surface area contributed by atoms with Gasteiger partial charge in [0.1, 0.15) is 0 Å². The second kappa shape index (κ2) is 5.27. The molecule has 0 aliphatic rings. The van der Waals surface area contributed by atoms with Crippen molar-refractivity contribution in [3.8, 4) is 0 Å². The van der Waals surface area contributed by atoms with Gasteiger partial charge in [0.2, 0.25) is 6.41 Å². The lowest BCUT2D eigenvalue weighted by Crippen LogP contribution is -2.23. The van der Waals surface area contributed by atoms with E-state index in [4.69, 9.17) is 5.11 Å². The summed E-state index contributed by atoms with van der Waals surface area (Å²) in [6.45, 7) is 0. The van der Waals surface area contributed by atoms with E-state index >= 15 is 0 Å². The molecule has 1 heterocycles. The molecule has 0 fully saturated rings. The van der Waals surface area contributed by atoms with Crippen LogP contribution in [0.15, 0.2) is 36.4 Å². The van der Waals surface area contributed by atoms with E-state index in [0.29, 0.717) is 12.1 Å². The van der Waals surface area contributed by atoms with E-state index in [-0.39, 0.29) is 6.42 Å². The molecular weight excluding hydrogens is 232 g/mol. The van der Waals surface area contributed by atoms with Crippen LogP contribution >= 0.6 is 0 Å². The number of carbonyl (C=O) groups is 2. The maximum Gasteiger partial charge on any atom is 0.305 e. The third kappa shape index (κ3) is 2.63. The molecule has 18 heavy (non-hydrogen) atoms. The molecular formula is C13H12N2O3. The van der Waals surface area contributed by atoms with E-state index in [0.717, 1.165) is 10.9 Å². The molecule has 2 N–H and O–H groups in total. The fraction of sp³-hybridized carbons (Fsp3) is 0.154. The number of hydrogen-bond acceptors (Lipinski definition) is 3. The van der Waals surface area contributed by atoms with Crippen LogP contribution in [0, 0.1) is 0 Å². The standard InChI is InChI=1S/C13H12N2O3/c16-8-14-12(7-13(17)18)11-6-5-9-3-1-2-4-10(9)15-11/h1-6,8,12H,7H2,(H,14,16)(H,17,18). The second-order valence-electron chi connectivity index (χ2n) is 3.86.